The topological polar surface area (TPSA) is 96.6 Å². The Bertz CT molecular complexity index is 430. The van der Waals surface area contributed by atoms with Gasteiger partial charge in [-0.25, -0.2) is 0 Å². The fourth-order valence-electron chi connectivity index (χ4n) is 1.56. The second-order valence-corrected chi connectivity index (χ2v) is 4.06. The maximum absolute atomic E-state index is 10.6. The average Bonchev–Trinajstić information content (AvgIpc) is 2.29. The third-order valence-corrected chi connectivity index (χ3v) is 2.44. The first-order chi connectivity index (χ1) is 8.41. The van der Waals surface area contributed by atoms with Gasteiger partial charge in [0.05, 0.1) is 12.1 Å². The number of pyridine rings is 1. The highest BCUT2D eigenvalue weighted by atomic mass is 16.6. The molecule has 1 aromatic heterocycles. The van der Waals surface area contributed by atoms with Gasteiger partial charge in [-0.05, 0) is 29.8 Å². The fraction of sp³-hybridized carbons (Fsp3) is 0.455. The highest BCUT2D eigenvalue weighted by Gasteiger charge is 2.15. The van der Waals surface area contributed by atoms with Crippen molar-refractivity contribution in [2.75, 3.05) is 11.4 Å². The minimum atomic E-state index is -0.879. The normalized spacial score (nSPS) is 10.4. The molecular formula is C11H15N3O4. The van der Waals surface area contributed by atoms with Crippen LogP contribution >= 0.6 is 0 Å². The van der Waals surface area contributed by atoms with E-state index in [2.05, 4.69) is 4.98 Å². The van der Waals surface area contributed by atoms with Crippen LogP contribution in [0.2, 0.25) is 0 Å². The molecule has 0 saturated heterocycles. The van der Waals surface area contributed by atoms with Gasteiger partial charge in [0.2, 0.25) is 0 Å². The first-order valence-corrected chi connectivity index (χ1v) is 5.50. The molecular weight excluding hydrogens is 238 g/mol. The monoisotopic (exact) mass is 253 g/mol. The van der Waals surface area contributed by atoms with Crippen LogP contribution in [0.4, 0.5) is 11.5 Å². The number of hydrogen-bond donors (Lipinski definition) is 1. The summed E-state index contributed by atoms with van der Waals surface area (Å²) < 4.78 is 0. The summed E-state index contributed by atoms with van der Waals surface area (Å²) in [6.07, 6.45) is 1.40. The summed E-state index contributed by atoms with van der Waals surface area (Å²) in [5.41, 5.74) is 0.678. The van der Waals surface area contributed by atoms with E-state index in [1.165, 1.54) is 12.3 Å². The quantitative estimate of drug-likeness (QED) is 0.612. The molecule has 0 fully saturated rings. The van der Waals surface area contributed by atoms with Crippen molar-refractivity contribution in [2.45, 2.75) is 26.3 Å². The fourth-order valence-corrected chi connectivity index (χ4v) is 1.56. The Hall–Kier alpha value is -2.18. The first kappa shape index (κ1) is 13.9. The number of nitro groups is 1. The standard InChI is InChI=1S/C11H15N3O4/c1-8(2)13(6-5-11(15)16)9-3-4-10(12-7-9)14(17)18/h3-4,7-8H,5-6H2,1-2H3,(H,15,16). The SMILES string of the molecule is CC(C)N(CCC(=O)O)c1ccc([N+](=O)[O-])nc1. The zero-order valence-electron chi connectivity index (χ0n) is 10.2. The Morgan fingerprint density at radius 1 is 1.56 bits per heavy atom. The molecule has 1 rings (SSSR count). The van der Waals surface area contributed by atoms with Crippen molar-refractivity contribution in [1.82, 2.24) is 4.98 Å². The van der Waals surface area contributed by atoms with Crippen molar-refractivity contribution in [3.05, 3.63) is 28.4 Å². The number of hydrogen-bond acceptors (Lipinski definition) is 5. The van der Waals surface area contributed by atoms with Crippen molar-refractivity contribution >= 4 is 17.5 Å². The van der Waals surface area contributed by atoms with Crippen LogP contribution in [0.15, 0.2) is 18.3 Å². The second-order valence-electron chi connectivity index (χ2n) is 4.06. The molecule has 1 aromatic rings. The maximum Gasteiger partial charge on any atom is 0.363 e. The molecule has 0 unspecified atom stereocenters. The molecule has 18 heavy (non-hydrogen) atoms. The summed E-state index contributed by atoms with van der Waals surface area (Å²) in [7, 11) is 0. The molecule has 0 spiro atoms. The third-order valence-electron chi connectivity index (χ3n) is 2.44. The third kappa shape index (κ3) is 3.69. The molecule has 0 aliphatic rings. The van der Waals surface area contributed by atoms with Gasteiger partial charge in [-0.2, -0.15) is 0 Å². The Morgan fingerprint density at radius 2 is 2.22 bits per heavy atom. The van der Waals surface area contributed by atoms with Crippen molar-refractivity contribution in [3.63, 3.8) is 0 Å². The van der Waals surface area contributed by atoms with Gasteiger partial charge >= 0.3 is 11.8 Å². The van der Waals surface area contributed by atoms with E-state index in [1.807, 2.05) is 18.7 Å². The highest BCUT2D eigenvalue weighted by Crippen LogP contribution is 2.18. The number of carboxylic acids is 1. The van der Waals surface area contributed by atoms with Crippen molar-refractivity contribution in [3.8, 4) is 0 Å². The number of aromatic nitrogens is 1. The Morgan fingerprint density at radius 3 is 2.61 bits per heavy atom. The van der Waals surface area contributed by atoms with Crippen molar-refractivity contribution < 1.29 is 14.8 Å². The number of rotatable bonds is 6. The highest BCUT2D eigenvalue weighted by molar-refractivity contribution is 5.67. The summed E-state index contributed by atoms with van der Waals surface area (Å²) >= 11 is 0. The molecule has 0 aromatic carbocycles. The molecule has 0 atom stereocenters. The predicted molar refractivity (Wildman–Crippen MR) is 65.6 cm³/mol. The van der Waals surface area contributed by atoms with E-state index in [1.54, 1.807) is 6.07 Å². The Balaban J connectivity index is 2.85. The van der Waals surface area contributed by atoms with Gasteiger partial charge in [0.15, 0.2) is 6.20 Å². The van der Waals surface area contributed by atoms with E-state index in [9.17, 15) is 14.9 Å². The number of carbonyl (C=O) groups is 1. The lowest BCUT2D eigenvalue weighted by molar-refractivity contribution is -0.389. The van der Waals surface area contributed by atoms with Gasteiger partial charge in [-0.15, -0.1) is 0 Å². The lowest BCUT2D eigenvalue weighted by atomic mass is 10.2. The zero-order chi connectivity index (χ0) is 13.7. The van der Waals surface area contributed by atoms with Crippen LogP contribution < -0.4 is 4.90 Å². The molecule has 0 aliphatic carbocycles. The lowest BCUT2D eigenvalue weighted by Crippen LogP contribution is -2.32. The van der Waals surface area contributed by atoms with Crippen LogP contribution in [0, 0.1) is 10.1 Å². The van der Waals surface area contributed by atoms with Gasteiger partial charge in [0.1, 0.15) is 0 Å². The van der Waals surface area contributed by atoms with Gasteiger partial charge < -0.3 is 20.1 Å². The van der Waals surface area contributed by atoms with Crippen LogP contribution in [0.5, 0.6) is 0 Å². The Labute approximate surface area is 104 Å². The average molecular weight is 253 g/mol. The molecule has 1 heterocycles. The molecule has 7 nitrogen and oxygen atoms in total. The smallest absolute Gasteiger partial charge is 0.363 e. The molecule has 7 heteroatoms. The van der Waals surface area contributed by atoms with Crippen LogP contribution in [-0.4, -0.2) is 33.6 Å². The molecule has 1 N–H and O–H groups in total. The van der Waals surface area contributed by atoms with Crippen LogP contribution in [0.25, 0.3) is 0 Å². The van der Waals surface area contributed by atoms with E-state index in [-0.39, 0.29) is 18.3 Å². The van der Waals surface area contributed by atoms with Crippen molar-refractivity contribution in [2.24, 2.45) is 0 Å². The zero-order valence-corrected chi connectivity index (χ0v) is 10.2. The molecule has 0 aliphatic heterocycles. The maximum atomic E-state index is 10.6. The molecule has 0 bridgehead atoms. The molecule has 98 valence electrons. The minimum Gasteiger partial charge on any atom is -0.481 e. The van der Waals surface area contributed by atoms with E-state index in [4.69, 9.17) is 5.11 Å². The molecule has 0 radical (unpaired) electrons. The van der Waals surface area contributed by atoms with Gasteiger partial charge in [-0.1, -0.05) is 0 Å². The minimum absolute atomic E-state index is 0.00909. The van der Waals surface area contributed by atoms with E-state index in [0.29, 0.717) is 12.2 Å². The lowest BCUT2D eigenvalue weighted by Gasteiger charge is -2.27. The molecule has 0 amide bonds. The number of nitrogens with zero attached hydrogens (tertiary/aromatic N) is 3. The van der Waals surface area contributed by atoms with E-state index < -0.39 is 10.9 Å². The summed E-state index contributed by atoms with van der Waals surface area (Å²) in [6, 6.07) is 2.98. The summed E-state index contributed by atoms with van der Waals surface area (Å²) in [5.74, 6) is -1.10. The number of anilines is 1. The van der Waals surface area contributed by atoms with Gasteiger partial charge in [0, 0.05) is 18.7 Å². The van der Waals surface area contributed by atoms with Crippen LogP contribution in [-0.2, 0) is 4.79 Å². The van der Waals surface area contributed by atoms with Crippen molar-refractivity contribution in [1.29, 1.82) is 0 Å². The molecule has 0 saturated carbocycles. The van der Waals surface area contributed by atoms with E-state index in [0.717, 1.165) is 0 Å². The van der Waals surface area contributed by atoms with Gasteiger partial charge in [0.25, 0.3) is 0 Å². The summed E-state index contributed by atoms with van der Waals surface area (Å²) in [5, 5.41) is 19.2. The van der Waals surface area contributed by atoms with Gasteiger partial charge in [-0.3, -0.25) is 4.79 Å². The predicted octanol–water partition coefficient (Wildman–Crippen LogP) is 1.68. The summed E-state index contributed by atoms with van der Waals surface area (Å²) in [6.45, 7) is 4.18. The van der Waals surface area contributed by atoms with E-state index >= 15 is 0 Å². The summed E-state index contributed by atoms with van der Waals surface area (Å²) in [4.78, 5) is 26.0. The Kier molecular flexibility index (Phi) is 4.59. The number of aliphatic carboxylic acids is 1. The van der Waals surface area contributed by atoms with Crippen LogP contribution in [0.1, 0.15) is 20.3 Å². The number of carboxylic acid groups (broad SMARTS) is 1. The first-order valence-electron chi connectivity index (χ1n) is 5.50. The largest absolute Gasteiger partial charge is 0.481 e. The van der Waals surface area contributed by atoms with Crippen LogP contribution in [0.3, 0.4) is 0 Å². The second kappa shape index (κ2) is 5.95.